The van der Waals surface area contributed by atoms with Gasteiger partial charge in [0.25, 0.3) is 0 Å². The summed E-state index contributed by atoms with van der Waals surface area (Å²) in [5.41, 5.74) is 0. The smallest absolute Gasteiger partial charge is 0.0756 e. The number of alkyl halides is 1. The van der Waals surface area contributed by atoms with E-state index in [4.69, 9.17) is 4.74 Å². The maximum atomic E-state index is 5.75. The number of hydrogen-bond acceptors (Lipinski definition) is 1. The van der Waals surface area contributed by atoms with Crippen LogP contribution in [0.1, 0.15) is 33.1 Å². The molecular formula is C11H19IO. The van der Waals surface area contributed by atoms with Crippen molar-refractivity contribution in [3.8, 4) is 0 Å². The molecule has 0 aromatic heterocycles. The second-order valence-corrected chi connectivity index (χ2v) is 5.67. The van der Waals surface area contributed by atoms with Crippen LogP contribution in [-0.4, -0.2) is 16.6 Å². The molecule has 1 rings (SSSR count). The lowest BCUT2D eigenvalue weighted by molar-refractivity contribution is 0.0684. The molecule has 0 bridgehead atoms. The number of halogens is 1. The molecule has 0 amide bonds. The molecule has 76 valence electrons. The van der Waals surface area contributed by atoms with Crippen molar-refractivity contribution in [2.24, 2.45) is 5.92 Å². The molecule has 0 spiro atoms. The molecule has 0 heterocycles. The molecule has 13 heavy (non-hydrogen) atoms. The van der Waals surface area contributed by atoms with Gasteiger partial charge in [-0.25, -0.2) is 0 Å². The zero-order valence-electron chi connectivity index (χ0n) is 8.50. The van der Waals surface area contributed by atoms with Gasteiger partial charge >= 0.3 is 0 Å². The molecule has 0 saturated carbocycles. The van der Waals surface area contributed by atoms with Gasteiger partial charge in [0, 0.05) is 10.5 Å². The zero-order valence-corrected chi connectivity index (χ0v) is 10.7. The topological polar surface area (TPSA) is 9.23 Å². The predicted molar refractivity (Wildman–Crippen MR) is 65.4 cm³/mol. The molecule has 2 atom stereocenters. The lowest BCUT2D eigenvalue weighted by Crippen LogP contribution is -2.17. The Bertz CT molecular complexity index is 165. The Hall–Kier alpha value is 0.430. The first-order valence-corrected chi connectivity index (χ1v) is 6.37. The zero-order chi connectivity index (χ0) is 9.68. The first-order valence-electron chi connectivity index (χ1n) is 5.12. The summed E-state index contributed by atoms with van der Waals surface area (Å²) in [7, 11) is 0. The molecule has 0 aromatic rings. The Labute approximate surface area is 95.1 Å². The van der Waals surface area contributed by atoms with E-state index in [2.05, 4.69) is 48.6 Å². The molecule has 0 aromatic carbocycles. The van der Waals surface area contributed by atoms with Crippen molar-refractivity contribution in [2.75, 3.05) is 6.61 Å². The highest BCUT2D eigenvalue weighted by atomic mass is 127. The molecular weight excluding hydrogens is 275 g/mol. The summed E-state index contributed by atoms with van der Waals surface area (Å²) in [5.74, 6) is 0.755. The van der Waals surface area contributed by atoms with Crippen LogP contribution in [0, 0.1) is 5.92 Å². The third-order valence-electron chi connectivity index (χ3n) is 2.29. The molecule has 1 aliphatic rings. The van der Waals surface area contributed by atoms with Crippen LogP contribution in [0.2, 0.25) is 0 Å². The van der Waals surface area contributed by atoms with Crippen molar-refractivity contribution in [1.82, 2.24) is 0 Å². The lowest BCUT2D eigenvalue weighted by atomic mass is 10.1. The van der Waals surface area contributed by atoms with Crippen LogP contribution >= 0.6 is 22.6 Å². The summed E-state index contributed by atoms with van der Waals surface area (Å²) in [6.45, 7) is 5.39. The Balaban J connectivity index is 2.12. The average Bonchev–Trinajstić information content (AvgIpc) is 2.08. The summed E-state index contributed by atoms with van der Waals surface area (Å²) in [6, 6.07) is 0. The maximum absolute atomic E-state index is 5.75. The quantitative estimate of drug-likeness (QED) is 0.437. The van der Waals surface area contributed by atoms with E-state index < -0.39 is 0 Å². The van der Waals surface area contributed by atoms with Gasteiger partial charge in [0.1, 0.15) is 0 Å². The van der Waals surface area contributed by atoms with Gasteiger partial charge in [-0.2, -0.15) is 0 Å². The van der Waals surface area contributed by atoms with Crippen molar-refractivity contribution < 1.29 is 4.74 Å². The van der Waals surface area contributed by atoms with Crippen LogP contribution in [0.3, 0.4) is 0 Å². The standard InChI is InChI=1S/C11H19IO/c1-9(2)7-8-13-11-5-3-10(12)4-6-11/h3,5,9-11H,4,6-8H2,1-2H3/t10-,11+/m0/s1. The van der Waals surface area contributed by atoms with Gasteiger partial charge in [0.2, 0.25) is 0 Å². The van der Waals surface area contributed by atoms with Gasteiger partial charge in [-0.15, -0.1) is 0 Å². The summed E-state index contributed by atoms with van der Waals surface area (Å²) < 4.78 is 6.48. The SMILES string of the molecule is CC(C)CCO[C@@H]1C=C[C@H](I)CC1. The normalized spacial score (nSPS) is 28.3. The number of hydrogen-bond donors (Lipinski definition) is 0. The van der Waals surface area contributed by atoms with E-state index in [1.807, 2.05) is 0 Å². The average molecular weight is 294 g/mol. The first-order chi connectivity index (χ1) is 6.18. The van der Waals surface area contributed by atoms with Crippen molar-refractivity contribution in [3.63, 3.8) is 0 Å². The molecule has 0 saturated heterocycles. The largest absolute Gasteiger partial charge is 0.374 e. The summed E-state index contributed by atoms with van der Waals surface area (Å²) in [4.78, 5) is 0. The molecule has 0 N–H and O–H groups in total. The van der Waals surface area contributed by atoms with Crippen LogP contribution in [-0.2, 0) is 4.74 Å². The molecule has 1 nitrogen and oxygen atoms in total. The van der Waals surface area contributed by atoms with E-state index in [-0.39, 0.29) is 0 Å². The van der Waals surface area contributed by atoms with E-state index in [0.29, 0.717) is 6.10 Å². The van der Waals surface area contributed by atoms with E-state index in [1.165, 1.54) is 19.3 Å². The van der Waals surface area contributed by atoms with Gasteiger partial charge in [0.05, 0.1) is 6.10 Å². The molecule has 0 fully saturated rings. The fourth-order valence-electron chi connectivity index (χ4n) is 1.35. The van der Waals surface area contributed by atoms with Crippen molar-refractivity contribution in [3.05, 3.63) is 12.2 Å². The monoisotopic (exact) mass is 294 g/mol. The Morgan fingerprint density at radius 2 is 2.15 bits per heavy atom. The molecule has 2 heteroatoms. The number of ether oxygens (including phenoxy) is 1. The minimum absolute atomic E-state index is 0.393. The predicted octanol–water partition coefficient (Wildman–Crippen LogP) is 3.57. The second-order valence-electron chi connectivity index (χ2n) is 4.07. The van der Waals surface area contributed by atoms with Gasteiger partial charge in [-0.05, 0) is 25.2 Å². The van der Waals surface area contributed by atoms with E-state index in [1.54, 1.807) is 0 Å². The van der Waals surface area contributed by atoms with Crippen molar-refractivity contribution in [1.29, 1.82) is 0 Å². The maximum Gasteiger partial charge on any atom is 0.0756 e. The number of rotatable bonds is 4. The van der Waals surface area contributed by atoms with Crippen LogP contribution in [0.15, 0.2) is 12.2 Å². The summed E-state index contributed by atoms with van der Waals surface area (Å²) >= 11 is 2.47. The minimum atomic E-state index is 0.393. The Morgan fingerprint density at radius 3 is 2.69 bits per heavy atom. The molecule has 0 radical (unpaired) electrons. The Morgan fingerprint density at radius 1 is 1.38 bits per heavy atom. The first kappa shape index (κ1) is 11.5. The van der Waals surface area contributed by atoms with Crippen LogP contribution in [0.4, 0.5) is 0 Å². The van der Waals surface area contributed by atoms with Crippen LogP contribution < -0.4 is 0 Å². The van der Waals surface area contributed by atoms with Crippen molar-refractivity contribution >= 4 is 22.6 Å². The third kappa shape index (κ3) is 5.01. The molecule has 0 aliphatic heterocycles. The van der Waals surface area contributed by atoms with E-state index >= 15 is 0 Å². The lowest BCUT2D eigenvalue weighted by Gasteiger charge is -2.20. The van der Waals surface area contributed by atoms with Crippen molar-refractivity contribution in [2.45, 2.75) is 43.1 Å². The highest BCUT2D eigenvalue weighted by Gasteiger charge is 2.13. The highest BCUT2D eigenvalue weighted by molar-refractivity contribution is 14.1. The van der Waals surface area contributed by atoms with Gasteiger partial charge in [-0.3, -0.25) is 0 Å². The van der Waals surface area contributed by atoms with E-state index in [0.717, 1.165) is 16.4 Å². The van der Waals surface area contributed by atoms with E-state index in [9.17, 15) is 0 Å². The second kappa shape index (κ2) is 6.02. The Kier molecular flexibility index (Phi) is 5.32. The van der Waals surface area contributed by atoms with Gasteiger partial charge in [-0.1, -0.05) is 48.6 Å². The fourth-order valence-corrected chi connectivity index (χ4v) is 1.95. The number of allylic oxidation sites excluding steroid dienone is 1. The highest BCUT2D eigenvalue weighted by Crippen LogP contribution is 2.20. The third-order valence-corrected chi connectivity index (χ3v) is 3.33. The fraction of sp³-hybridized carbons (Fsp3) is 0.818. The van der Waals surface area contributed by atoms with Gasteiger partial charge in [0.15, 0.2) is 0 Å². The summed E-state index contributed by atoms with van der Waals surface area (Å²) in [5, 5.41) is 0. The van der Waals surface area contributed by atoms with Crippen LogP contribution in [0.25, 0.3) is 0 Å². The van der Waals surface area contributed by atoms with Gasteiger partial charge < -0.3 is 4.74 Å². The molecule has 0 unspecified atom stereocenters. The molecule has 1 aliphatic carbocycles. The minimum Gasteiger partial charge on any atom is -0.374 e. The summed E-state index contributed by atoms with van der Waals surface area (Å²) in [6.07, 6.45) is 8.53. The van der Waals surface area contributed by atoms with Crippen LogP contribution in [0.5, 0.6) is 0 Å².